The number of carbonyl (C=O) groups is 1. The zero-order valence-electron chi connectivity index (χ0n) is 14.8. The van der Waals surface area contributed by atoms with Crippen LogP contribution >= 0.6 is 22.9 Å². The number of nitrogens with zero attached hydrogens (tertiary/aromatic N) is 5. The molecular weight excluding hydrogens is 431 g/mol. The maximum absolute atomic E-state index is 12.6. The summed E-state index contributed by atoms with van der Waals surface area (Å²) in [4.78, 5) is 22.6. The van der Waals surface area contributed by atoms with Crippen LogP contribution in [0.4, 0.5) is 24.8 Å². The summed E-state index contributed by atoms with van der Waals surface area (Å²) in [7, 11) is 0. The Morgan fingerprint density at radius 2 is 1.97 bits per heavy atom. The molecule has 0 unspecified atom stereocenters. The summed E-state index contributed by atoms with van der Waals surface area (Å²) in [6.45, 7) is 2.48. The van der Waals surface area contributed by atoms with Crippen molar-refractivity contribution in [3.8, 4) is 0 Å². The van der Waals surface area contributed by atoms with Gasteiger partial charge >= 0.3 is 6.18 Å². The highest BCUT2D eigenvalue weighted by molar-refractivity contribution is 7.21. The largest absolute Gasteiger partial charge is 0.419 e. The highest BCUT2D eigenvalue weighted by Crippen LogP contribution is 2.36. The third-order valence-electron chi connectivity index (χ3n) is 4.51. The third kappa shape index (κ3) is 3.53. The number of nitrogen functional groups attached to an aromatic ring is 1. The van der Waals surface area contributed by atoms with Crippen molar-refractivity contribution < 1.29 is 18.0 Å². The van der Waals surface area contributed by atoms with Gasteiger partial charge in [0, 0.05) is 36.4 Å². The van der Waals surface area contributed by atoms with Crippen LogP contribution in [-0.2, 0) is 6.18 Å². The molecule has 0 aliphatic carbocycles. The van der Waals surface area contributed by atoms with Crippen molar-refractivity contribution in [2.45, 2.75) is 19.1 Å². The zero-order valence-corrected chi connectivity index (χ0v) is 16.4. The Balaban J connectivity index is 1.42. The van der Waals surface area contributed by atoms with Crippen molar-refractivity contribution in [3.63, 3.8) is 0 Å². The van der Waals surface area contributed by atoms with Gasteiger partial charge in [0.15, 0.2) is 5.15 Å². The summed E-state index contributed by atoms with van der Waals surface area (Å²) < 4.78 is 37.7. The molecular formula is C16H13ClF3N7OS. The smallest absolute Gasteiger partial charge is 0.397 e. The van der Waals surface area contributed by atoms with Gasteiger partial charge in [0.05, 0.1) is 17.3 Å². The average Bonchev–Trinajstić information content (AvgIpc) is 2.97. The summed E-state index contributed by atoms with van der Waals surface area (Å²) in [5.74, 6) is -0.190. The maximum atomic E-state index is 12.6. The predicted molar refractivity (Wildman–Crippen MR) is 102 cm³/mol. The van der Waals surface area contributed by atoms with E-state index >= 15 is 0 Å². The fourth-order valence-electron chi connectivity index (χ4n) is 2.92. The lowest BCUT2D eigenvalue weighted by Crippen LogP contribution is -2.59. The number of halogens is 4. The van der Waals surface area contributed by atoms with Crippen molar-refractivity contribution in [1.82, 2.24) is 25.5 Å². The van der Waals surface area contributed by atoms with Gasteiger partial charge in [-0.25, -0.2) is 9.97 Å². The van der Waals surface area contributed by atoms with Crippen LogP contribution in [0.1, 0.15) is 20.8 Å². The fourth-order valence-corrected chi connectivity index (χ4v) is 4.05. The van der Waals surface area contributed by atoms with Crippen LogP contribution in [0.2, 0.25) is 5.15 Å². The number of rotatable bonds is 3. The van der Waals surface area contributed by atoms with Crippen LogP contribution in [0.25, 0.3) is 10.2 Å². The van der Waals surface area contributed by atoms with Crippen LogP contribution in [-0.4, -0.2) is 45.2 Å². The van der Waals surface area contributed by atoms with Crippen molar-refractivity contribution in [3.05, 3.63) is 33.6 Å². The molecule has 4 rings (SSSR count). The van der Waals surface area contributed by atoms with Crippen LogP contribution in [0.15, 0.2) is 12.4 Å². The van der Waals surface area contributed by atoms with E-state index in [1.807, 2.05) is 0 Å². The fraction of sp³-hybridized carbons (Fsp3) is 0.312. The molecule has 1 aliphatic rings. The van der Waals surface area contributed by atoms with Gasteiger partial charge < -0.3 is 16.0 Å². The Hall–Kier alpha value is -2.73. The van der Waals surface area contributed by atoms with Crippen LogP contribution < -0.4 is 16.0 Å². The Morgan fingerprint density at radius 3 is 2.59 bits per heavy atom. The van der Waals surface area contributed by atoms with E-state index in [-0.39, 0.29) is 23.1 Å². The normalized spacial score (nSPS) is 14.9. The molecule has 13 heteroatoms. The molecule has 0 spiro atoms. The first-order chi connectivity index (χ1) is 13.6. The van der Waals surface area contributed by atoms with Crippen molar-refractivity contribution >= 4 is 50.7 Å². The molecule has 152 valence electrons. The summed E-state index contributed by atoms with van der Waals surface area (Å²) in [6, 6.07) is -0.214. The Bertz CT molecular complexity index is 1100. The molecule has 0 bridgehead atoms. The lowest BCUT2D eigenvalue weighted by Gasteiger charge is -2.39. The molecule has 1 saturated heterocycles. The van der Waals surface area contributed by atoms with E-state index in [4.69, 9.17) is 17.3 Å². The van der Waals surface area contributed by atoms with Crippen LogP contribution in [0.3, 0.4) is 0 Å². The van der Waals surface area contributed by atoms with Crippen molar-refractivity contribution in [1.29, 1.82) is 0 Å². The maximum Gasteiger partial charge on any atom is 0.419 e. The van der Waals surface area contributed by atoms with Crippen LogP contribution in [0.5, 0.6) is 0 Å². The van der Waals surface area contributed by atoms with E-state index < -0.39 is 11.7 Å². The zero-order chi connectivity index (χ0) is 20.9. The molecule has 0 saturated carbocycles. The molecule has 0 atom stereocenters. The Labute approximate surface area is 170 Å². The number of amides is 1. The van der Waals surface area contributed by atoms with E-state index in [0.29, 0.717) is 39.4 Å². The molecule has 29 heavy (non-hydrogen) atoms. The summed E-state index contributed by atoms with van der Waals surface area (Å²) in [6.07, 6.45) is -3.01. The minimum atomic E-state index is -4.48. The molecule has 1 fully saturated rings. The van der Waals surface area contributed by atoms with Gasteiger partial charge in [-0.1, -0.05) is 11.6 Å². The number of alkyl halides is 3. The number of aryl methyl sites for hydroxylation is 1. The number of thiophene rings is 1. The second-order valence-corrected chi connectivity index (χ2v) is 7.84. The summed E-state index contributed by atoms with van der Waals surface area (Å²) in [5, 5.41) is 11.5. The van der Waals surface area contributed by atoms with Gasteiger partial charge in [-0.15, -0.1) is 21.5 Å². The molecule has 1 aliphatic heterocycles. The SMILES string of the molecule is Cc1c(Cl)nnc2sc(C(=O)NC3CN(c4ncc(C(F)(F)F)cn4)C3)c(N)c12. The van der Waals surface area contributed by atoms with E-state index in [1.54, 1.807) is 11.8 Å². The van der Waals surface area contributed by atoms with Gasteiger partial charge in [-0.2, -0.15) is 13.2 Å². The average molecular weight is 444 g/mol. The number of carbonyl (C=O) groups excluding carboxylic acids is 1. The minimum Gasteiger partial charge on any atom is -0.397 e. The van der Waals surface area contributed by atoms with Crippen molar-refractivity contribution in [2.75, 3.05) is 23.7 Å². The van der Waals surface area contributed by atoms with Gasteiger partial charge in [-0.3, -0.25) is 4.79 Å². The van der Waals surface area contributed by atoms with E-state index in [0.717, 1.165) is 23.7 Å². The second kappa shape index (κ2) is 6.95. The number of nitrogens with one attached hydrogen (secondary N) is 1. The molecule has 0 aromatic carbocycles. The first-order valence-corrected chi connectivity index (χ1v) is 9.50. The number of fused-ring (bicyclic) bond motifs is 1. The topological polar surface area (TPSA) is 110 Å². The van der Waals surface area contributed by atoms with Gasteiger partial charge in [0.25, 0.3) is 5.91 Å². The standard InChI is InChI=1S/C16H13ClF3N7OS/c1-6-9-10(21)11(29-14(9)26-25-12(6)17)13(28)24-8-4-27(5-8)15-22-2-7(3-23-15)16(18,19)20/h2-3,8H,4-5,21H2,1H3,(H,24,28). The Morgan fingerprint density at radius 1 is 1.31 bits per heavy atom. The first-order valence-electron chi connectivity index (χ1n) is 8.31. The summed E-state index contributed by atoms with van der Waals surface area (Å²) >= 11 is 7.09. The molecule has 3 aromatic heterocycles. The van der Waals surface area contributed by atoms with E-state index in [9.17, 15) is 18.0 Å². The van der Waals surface area contributed by atoms with Gasteiger partial charge in [0.2, 0.25) is 5.95 Å². The van der Waals surface area contributed by atoms with E-state index in [1.165, 1.54) is 0 Å². The van der Waals surface area contributed by atoms with Crippen molar-refractivity contribution in [2.24, 2.45) is 0 Å². The van der Waals surface area contributed by atoms with Gasteiger partial charge in [-0.05, 0) is 6.92 Å². The minimum absolute atomic E-state index is 0.172. The summed E-state index contributed by atoms with van der Waals surface area (Å²) in [5.41, 5.74) is 6.14. The first kappa shape index (κ1) is 19.6. The Kier molecular flexibility index (Phi) is 4.69. The number of anilines is 2. The number of hydrogen-bond donors (Lipinski definition) is 2. The second-order valence-electron chi connectivity index (χ2n) is 6.49. The number of hydrogen-bond acceptors (Lipinski definition) is 8. The highest BCUT2D eigenvalue weighted by atomic mass is 35.5. The van der Waals surface area contributed by atoms with E-state index in [2.05, 4.69) is 25.5 Å². The molecule has 4 heterocycles. The lowest BCUT2D eigenvalue weighted by molar-refractivity contribution is -0.138. The van der Waals surface area contributed by atoms with Gasteiger partial charge in [0.1, 0.15) is 9.71 Å². The monoisotopic (exact) mass is 443 g/mol. The highest BCUT2D eigenvalue weighted by Gasteiger charge is 2.34. The molecule has 3 N–H and O–H groups in total. The third-order valence-corrected chi connectivity index (χ3v) is 5.96. The lowest BCUT2D eigenvalue weighted by atomic mass is 10.1. The molecule has 3 aromatic rings. The quantitative estimate of drug-likeness (QED) is 0.640. The molecule has 1 amide bonds. The number of aromatic nitrogens is 4. The number of nitrogens with two attached hydrogens (primary N) is 1. The predicted octanol–water partition coefficient (Wildman–Crippen LogP) is 2.66. The molecule has 0 radical (unpaired) electrons. The van der Waals surface area contributed by atoms with Crippen LogP contribution in [0, 0.1) is 6.92 Å². The molecule has 8 nitrogen and oxygen atoms in total.